The monoisotopic (exact) mass is 457 g/mol. The normalized spacial score (nSPS) is 19.7. The van der Waals surface area contributed by atoms with Gasteiger partial charge in [0.2, 0.25) is 5.91 Å². The van der Waals surface area contributed by atoms with Crippen LogP contribution in [-0.4, -0.2) is 34.7 Å². The third kappa shape index (κ3) is 8.84. The van der Waals surface area contributed by atoms with Gasteiger partial charge in [-0.2, -0.15) is 0 Å². The van der Waals surface area contributed by atoms with Crippen LogP contribution in [0.15, 0.2) is 42.5 Å². The highest BCUT2D eigenvalue weighted by Gasteiger charge is 2.39. The molecule has 1 aromatic carbocycles. The molecule has 0 bridgehead atoms. The predicted octanol–water partition coefficient (Wildman–Crippen LogP) is 5.26. The van der Waals surface area contributed by atoms with Gasteiger partial charge in [-0.15, -0.1) is 0 Å². The smallest absolute Gasteiger partial charge is 0.408 e. The number of piperidine rings is 1. The minimum atomic E-state index is -0.748. The van der Waals surface area contributed by atoms with Gasteiger partial charge in [-0.25, -0.2) is 4.79 Å². The number of hydrogen-bond acceptors (Lipinski definition) is 4. The zero-order chi connectivity index (χ0) is 25.1. The fourth-order valence-corrected chi connectivity index (χ4v) is 4.55. The zero-order valence-corrected chi connectivity index (χ0v) is 21.8. The first-order valence-electron chi connectivity index (χ1n) is 11.8. The van der Waals surface area contributed by atoms with E-state index in [1.54, 1.807) is 0 Å². The van der Waals surface area contributed by atoms with E-state index in [9.17, 15) is 9.59 Å². The van der Waals surface area contributed by atoms with Crippen LogP contribution in [0.3, 0.4) is 0 Å². The first-order chi connectivity index (χ1) is 15.0. The molecule has 2 amide bonds. The SMILES string of the molecule is CC1(C)CC(NC(=O)C(C)(C)/C=C/[C@H](NC(=O)OC(C)(C)C)c2ccccc2)CC(C)(C)N1. The lowest BCUT2D eigenvalue weighted by Gasteiger charge is -2.47. The van der Waals surface area contributed by atoms with Gasteiger partial charge >= 0.3 is 6.09 Å². The summed E-state index contributed by atoms with van der Waals surface area (Å²) in [7, 11) is 0. The van der Waals surface area contributed by atoms with Crippen LogP contribution in [0.4, 0.5) is 4.79 Å². The standard InChI is InChI=1S/C27H43N3O3/c1-24(2,3)33-23(32)29-21(19-13-11-10-12-14-19)15-16-25(4,5)22(31)28-20-17-26(6,7)30-27(8,9)18-20/h10-16,20-21,30H,17-18H2,1-9H3,(H,28,31)(H,29,32)/b16-15+/t21-/m0/s1. The lowest BCUT2D eigenvalue weighted by Crippen LogP contribution is -2.62. The summed E-state index contributed by atoms with van der Waals surface area (Å²) < 4.78 is 5.44. The summed E-state index contributed by atoms with van der Waals surface area (Å²) >= 11 is 0. The maximum atomic E-state index is 13.2. The van der Waals surface area contributed by atoms with Crippen molar-refractivity contribution in [2.24, 2.45) is 5.41 Å². The van der Waals surface area contributed by atoms with Crippen LogP contribution < -0.4 is 16.0 Å². The highest BCUT2D eigenvalue weighted by molar-refractivity contribution is 5.84. The number of nitrogens with one attached hydrogen (secondary N) is 3. The average molecular weight is 458 g/mol. The van der Waals surface area contributed by atoms with E-state index in [4.69, 9.17) is 4.74 Å². The minimum Gasteiger partial charge on any atom is -0.444 e. The molecule has 184 valence electrons. The van der Waals surface area contributed by atoms with E-state index in [2.05, 4.69) is 43.6 Å². The number of ether oxygens (including phenoxy) is 1. The molecule has 1 heterocycles. The molecule has 0 radical (unpaired) electrons. The van der Waals surface area contributed by atoms with Crippen LogP contribution in [0, 0.1) is 5.41 Å². The number of benzene rings is 1. The maximum absolute atomic E-state index is 13.2. The topological polar surface area (TPSA) is 79.5 Å². The van der Waals surface area contributed by atoms with Crippen LogP contribution in [0.5, 0.6) is 0 Å². The van der Waals surface area contributed by atoms with Crippen LogP contribution >= 0.6 is 0 Å². The molecular formula is C27H43N3O3. The van der Waals surface area contributed by atoms with Gasteiger partial charge in [0, 0.05) is 17.1 Å². The maximum Gasteiger partial charge on any atom is 0.408 e. The molecule has 1 fully saturated rings. The second-order valence-corrected chi connectivity index (χ2v) is 12.1. The molecule has 0 unspecified atom stereocenters. The molecule has 2 rings (SSSR count). The van der Waals surface area contributed by atoms with E-state index in [-0.39, 0.29) is 23.0 Å². The number of hydrogen-bond donors (Lipinski definition) is 3. The van der Waals surface area contributed by atoms with E-state index in [1.807, 2.05) is 77.1 Å². The summed E-state index contributed by atoms with van der Waals surface area (Å²) in [6.45, 7) is 18.0. The Labute approximate surface area is 199 Å². The van der Waals surface area contributed by atoms with Crippen LogP contribution in [0.1, 0.15) is 86.8 Å². The van der Waals surface area contributed by atoms with Crippen molar-refractivity contribution in [1.82, 2.24) is 16.0 Å². The van der Waals surface area contributed by atoms with Gasteiger partial charge in [0.25, 0.3) is 0 Å². The van der Waals surface area contributed by atoms with Crippen molar-refractivity contribution in [3.05, 3.63) is 48.0 Å². The molecule has 33 heavy (non-hydrogen) atoms. The van der Waals surface area contributed by atoms with Gasteiger partial charge in [-0.1, -0.05) is 42.5 Å². The van der Waals surface area contributed by atoms with Gasteiger partial charge in [-0.05, 0) is 80.7 Å². The number of rotatable bonds is 6. The molecule has 0 aromatic heterocycles. The fraction of sp³-hybridized carbons (Fsp3) is 0.630. The molecule has 0 saturated carbocycles. The molecular weight excluding hydrogens is 414 g/mol. The highest BCUT2D eigenvalue weighted by Crippen LogP contribution is 2.30. The van der Waals surface area contributed by atoms with Gasteiger partial charge in [-0.3, -0.25) is 4.79 Å². The Balaban J connectivity index is 2.15. The van der Waals surface area contributed by atoms with Crippen molar-refractivity contribution in [3.63, 3.8) is 0 Å². The van der Waals surface area contributed by atoms with Crippen molar-refractivity contribution in [3.8, 4) is 0 Å². The third-order valence-corrected chi connectivity index (χ3v) is 5.65. The first-order valence-corrected chi connectivity index (χ1v) is 11.8. The molecule has 1 aliphatic heterocycles. The van der Waals surface area contributed by atoms with Gasteiger partial charge in [0.05, 0.1) is 11.5 Å². The summed E-state index contributed by atoms with van der Waals surface area (Å²) in [5.41, 5.74) is -0.519. The van der Waals surface area contributed by atoms with E-state index in [0.29, 0.717) is 0 Å². The summed E-state index contributed by atoms with van der Waals surface area (Å²) in [6, 6.07) is 9.34. The quantitative estimate of drug-likeness (QED) is 0.509. The molecule has 6 heteroatoms. The van der Waals surface area contributed by atoms with Gasteiger partial charge < -0.3 is 20.7 Å². The zero-order valence-electron chi connectivity index (χ0n) is 21.8. The lowest BCUT2D eigenvalue weighted by atomic mass is 9.79. The Morgan fingerprint density at radius 2 is 1.58 bits per heavy atom. The lowest BCUT2D eigenvalue weighted by molar-refractivity contribution is -0.128. The van der Waals surface area contributed by atoms with Gasteiger partial charge in [0.1, 0.15) is 5.60 Å². The third-order valence-electron chi connectivity index (χ3n) is 5.65. The average Bonchev–Trinajstić information content (AvgIpc) is 2.61. The summed E-state index contributed by atoms with van der Waals surface area (Å²) in [5, 5.41) is 9.83. The molecule has 0 aliphatic carbocycles. The molecule has 1 saturated heterocycles. The molecule has 6 nitrogen and oxygen atoms in total. The Kier molecular flexibility index (Phi) is 8.06. The second-order valence-electron chi connectivity index (χ2n) is 12.1. The van der Waals surface area contributed by atoms with Crippen molar-refractivity contribution >= 4 is 12.0 Å². The number of carbonyl (C=O) groups excluding carboxylic acids is 2. The highest BCUT2D eigenvalue weighted by atomic mass is 16.6. The molecule has 3 N–H and O–H groups in total. The summed E-state index contributed by atoms with van der Waals surface area (Å²) in [5.74, 6) is -0.0265. The van der Waals surface area contributed by atoms with Crippen LogP contribution in [0.2, 0.25) is 0 Å². The first kappa shape index (κ1) is 26.9. The van der Waals surface area contributed by atoms with Gasteiger partial charge in [0.15, 0.2) is 0 Å². The Hall–Kier alpha value is -2.34. The van der Waals surface area contributed by atoms with E-state index in [1.165, 1.54) is 0 Å². The van der Waals surface area contributed by atoms with Crippen molar-refractivity contribution in [2.75, 3.05) is 0 Å². The Morgan fingerprint density at radius 1 is 1.03 bits per heavy atom. The molecule has 0 spiro atoms. The predicted molar refractivity (Wildman–Crippen MR) is 134 cm³/mol. The number of alkyl carbamates (subject to hydrolysis) is 1. The molecule has 1 atom stereocenters. The van der Waals surface area contributed by atoms with Crippen molar-refractivity contribution < 1.29 is 14.3 Å². The molecule has 1 aliphatic rings. The van der Waals surface area contributed by atoms with Crippen LogP contribution in [0.25, 0.3) is 0 Å². The minimum absolute atomic E-state index is 0.0265. The molecule has 1 aromatic rings. The summed E-state index contributed by atoms with van der Waals surface area (Å²) in [4.78, 5) is 25.7. The fourth-order valence-electron chi connectivity index (χ4n) is 4.55. The Bertz CT molecular complexity index is 835. The largest absolute Gasteiger partial charge is 0.444 e. The van der Waals surface area contributed by atoms with Crippen molar-refractivity contribution in [2.45, 2.75) is 104 Å². The van der Waals surface area contributed by atoms with Crippen molar-refractivity contribution in [1.29, 1.82) is 0 Å². The second kappa shape index (κ2) is 9.88. The number of amides is 2. The summed E-state index contributed by atoms with van der Waals surface area (Å²) in [6.07, 6.45) is 4.98. The number of carbonyl (C=O) groups is 2. The van der Waals surface area contributed by atoms with E-state index >= 15 is 0 Å². The van der Waals surface area contributed by atoms with E-state index < -0.39 is 23.2 Å². The van der Waals surface area contributed by atoms with Crippen LogP contribution in [-0.2, 0) is 9.53 Å². The van der Waals surface area contributed by atoms with E-state index in [0.717, 1.165) is 18.4 Å². The Morgan fingerprint density at radius 3 is 2.09 bits per heavy atom.